The van der Waals surface area contributed by atoms with Crippen LogP contribution in [0.25, 0.3) is 0 Å². The summed E-state index contributed by atoms with van der Waals surface area (Å²) in [4.78, 5) is 12.1. The summed E-state index contributed by atoms with van der Waals surface area (Å²) in [6.45, 7) is 3.41. The van der Waals surface area contributed by atoms with E-state index >= 15 is 0 Å². The maximum Gasteiger partial charge on any atom is 0.226 e. The van der Waals surface area contributed by atoms with Gasteiger partial charge in [0.15, 0.2) is 5.75 Å². The van der Waals surface area contributed by atoms with E-state index in [-0.39, 0.29) is 24.4 Å². The SMILES string of the molecule is CCOc1c(Br)cc(Cl)cc1NC(=O)CC1CCCN1.Cl. The predicted octanol–water partition coefficient (Wildman–Crippen LogP) is 4.00. The highest BCUT2D eigenvalue weighted by atomic mass is 79.9. The second kappa shape index (κ2) is 8.83. The minimum absolute atomic E-state index is 0. The third-order valence-corrected chi connectivity index (χ3v) is 3.97. The van der Waals surface area contributed by atoms with Crippen LogP contribution in [-0.4, -0.2) is 25.1 Å². The van der Waals surface area contributed by atoms with Gasteiger partial charge in [0.2, 0.25) is 5.91 Å². The summed E-state index contributed by atoms with van der Waals surface area (Å²) >= 11 is 9.43. The largest absolute Gasteiger partial charge is 0.491 e. The maximum atomic E-state index is 12.1. The Labute approximate surface area is 144 Å². The van der Waals surface area contributed by atoms with Gasteiger partial charge in [0.05, 0.1) is 16.8 Å². The standard InChI is InChI=1S/C14H18BrClN2O2.ClH/c1-2-20-14-11(15)6-9(16)7-12(14)18-13(19)8-10-4-3-5-17-10;/h6-7,10,17H,2-5,8H2,1H3,(H,18,19);1H. The summed E-state index contributed by atoms with van der Waals surface area (Å²) in [7, 11) is 0. The van der Waals surface area contributed by atoms with Gasteiger partial charge in [0.25, 0.3) is 0 Å². The first-order valence-electron chi connectivity index (χ1n) is 6.75. The fraction of sp³-hybridized carbons (Fsp3) is 0.500. The molecule has 1 fully saturated rings. The summed E-state index contributed by atoms with van der Waals surface area (Å²) in [5.41, 5.74) is 0.606. The minimum atomic E-state index is -0.0282. The minimum Gasteiger partial charge on any atom is -0.491 e. The Bertz CT molecular complexity index is 494. The van der Waals surface area contributed by atoms with E-state index in [0.717, 1.165) is 23.9 Å². The van der Waals surface area contributed by atoms with Gasteiger partial charge in [0, 0.05) is 17.5 Å². The zero-order valence-electron chi connectivity index (χ0n) is 11.7. The lowest BCUT2D eigenvalue weighted by atomic mass is 10.1. The number of carbonyl (C=O) groups excluding carboxylic acids is 1. The predicted molar refractivity (Wildman–Crippen MR) is 91.8 cm³/mol. The molecule has 1 aliphatic heterocycles. The molecule has 2 N–H and O–H groups in total. The van der Waals surface area contributed by atoms with Gasteiger partial charge >= 0.3 is 0 Å². The van der Waals surface area contributed by atoms with Gasteiger partial charge < -0.3 is 15.4 Å². The first-order chi connectivity index (χ1) is 9.60. The van der Waals surface area contributed by atoms with E-state index in [2.05, 4.69) is 26.6 Å². The number of ether oxygens (including phenoxy) is 1. The lowest BCUT2D eigenvalue weighted by Crippen LogP contribution is -2.27. The van der Waals surface area contributed by atoms with Crippen LogP contribution in [0.2, 0.25) is 5.02 Å². The zero-order chi connectivity index (χ0) is 14.5. The van der Waals surface area contributed by atoms with Gasteiger partial charge in [-0.2, -0.15) is 0 Å². The van der Waals surface area contributed by atoms with Crippen LogP contribution in [0.15, 0.2) is 16.6 Å². The van der Waals surface area contributed by atoms with Crippen molar-refractivity contribution in [3.05, 3.63) is 21.6 Å². The molecule has 0 aromatic heterocycles. The molecule has 1 saturated heterocycles. The van der Waals surface area contributed by atoms with E-state index < -0.39 is 0 Å². The summed E-state index contributed by atoms with van der Waals surface area (Å²) in [5, 5.41) is 6.74. The normalized spacial score (nSPS) is 17.2. The molecule has 0 saturated carbocycles. The number of hydrogen-bond acceptors (Lipinski definition) is 3. The van der Waals surface area contributed by atoms with Gasteiger partial charge in [0.1, 0.15) is 0 Å². The molecular weight excluding hydrogens is 379 g/mol. The molecule has 1 atom stereocenters. The fourth-order valence-electron chi connectivity index (χ4n) is 2.30. The highest BCUT2D eigenvalue weighted by molar-refractivity contribution is 9.10. The average Bonchev–Trinajstić information content (AvgIpc) is 2.86. The van der Waals surface area contributed by atoms with Crippen LogP contribution in [0.4, 0.5) is 5.69 Å². The number of carbonyl (C=O) groups is 1. The molecule has 2 rings (SSSR count). The quantitative estimate of drug-likeness (QED) is 0.789. The van der Waals surface area contributed by atoms with E-state index in [1.807, 2.05) is 6.92 Å². The van der Waals surface area contributed by atoms with E-state index in [1.165, 1.54) is 0 Å². The van der Waals surface area contributed by atoms with Gasteiger partial charge in [-0.25, -0.2) is 0 Å². The number of rotatable bonds is 5. The number of benzene rings is 1. The molecule has 1 aromatic carbocycles. The number of anilines is 1. The fourth-order valence-corrected chi connectivity index (χ4v) is 3.22. The Morgan fingerprint density at radius 2 is 2.33 bits per heavy atom. The molecule has 0 radical (unpaired) electrons. The van der Waals surface area contributed by atoms with Crippen LogP contribution < -0.4 is 15.4 Å². The Morgan fingerprint density at radius 1 is 1.57 bits per heavy atom. The number of amides is 1. The van der Waals surface area contributed by atoms with Crippen molar-refractivity contribution >= 4 is 51.5 Å². The molecule has 1 heterocycles. The molecular formula is C14H19BrCl2N2O2. The first kappa shape index (κ1) is 18.6. The molecule has 0 bridgehead atoms. The second-order valence-electron chi connectivity index (χ2n) is 4.74. The van der Waals surface area contributed by atoms with Gasteiger partial charge in [-0.1, -0.05) is 11.6 Å². The van der Waals surface area contributed by atoms with Crippen molar-refractivity contribution in [2.75, 3.05) is 18.5 Å². The molecule has 118 valence electrons. The van der Waals surface area contributed by atoms with Crippen molar-refractivity contribution in [2.24, 2.45) is 0 Å². The van der Waals surface area contributed by atoms with Gasteiger partial charge in [-0.15, -0.1) is 12.4 Å². The van der Waals surface area contributed by atoms with Crippen molar-refractivity contribution in [2.45, 2.75) is 32.2 Å². The summed E-state index contributed by atoms with van der Waals surface area (Å²) in [6, 6.07) is 3.73. The van der Waals surface area contributed by atoms with Gasteiger partial charge in [-0.3, -0.25) is 4.79 Å². The molecule has 1 aromatic rings. The summed E-state index contributed by atoms with van der Waals surface area (Å²) in [5.74, 6) is 0.587. The number of halogens is 3. The monoisotopic (exact) mass is 396 g/mol. The molecule has 0 aliphatic carbocycles. The molecule has 1 aliphatic rings. The van der Waals surface area contributed by atoms with E-state index in [0.29, 0.717) is 29.5 Å². The summed E-state index contributed by atoms with van der Waals surface area (Å²) in [6.07, 6.45) is 2.64. The smallest absolute Gasteiger partial charge is 0.226 e. The lowest BCUT2D eigenvalue weighted by Gasteiger charge is -2.15. The van der Waals surface area contributed by atoms with Crippen LogP contribution in [0, 0.1) is 0 Å². The molecule has 7 heteroatoms. The zero-order valence-corrected chi connectivity index (χ0v) is 14.9. The van der Waals surface area contributed by atoms with Crippen molar-refractivity contribution in [1.82, 2.24) is 5.32 Å². The summed E-state index contributed by atoms with van der Waals surface area (Å²) < 4.78 is 6.29. The highest BCUT2D eigenvalue weighted by Crippen LogP contribution is 2.36. The highest BCUT2D eigenvalue weighted by Gasteiger charge is 2.19. The lowest BCUT2D eigenvalue weighted by molar-refractivity contribution is -0.116. The Kier molecular flexibility index (Phi) is 7.81. The Morgan fingerprint density at radius 3 is 2.95 bits per heavy atom. The van der Waals surface area contributed by atoms with Crippen molar-refractivity contribution in [3.8, 4) is 5.75 Å². The topological polar surface area (TPSA) is 50.4 Å². The van der Waals surface area contributed by atoms with Crippen LogP contribution in [-0.2, 0) is 4.79 Å². The molecule has 21 heavy (non-hydrogen) atoms. The van der Waals surface area contributed by atoms with E-state index in [4.69, 9.17) is 16.3 Å². The number of nitrogens with one attached hydrogen (secondary N) is 2. The van der Waals surface area contributed by atoms with Crippen LogP contribution in [0.5, 0.6) is 5.75 Å². The third-order valence-electron chi connectivity index (χ3n) is 3.17. The second-order valence-corrected chi connectivity index (χ2v) is 6.03. The van der Waals surface area contributed by atoms with Crippen molar-refractivity contribution in [1.29, 1.82) is 0 Å². The Hall–Kier alpha value is -0.490. The van der Waals surface area contributed by atoms with Crippen molar-refractivity contribution in [3.63, 3.8) is 0 Å². The Balaban J connectivity index is 0.00000220. The van der Waals surface area contributed by atoms with E-state index in [9.17, 15) is 4.79 Å². The molecule has 1 unspecified atom stereocenters. The molecule has 4 nitrogen and oxygen atoms in total. The number of hydrogen-bond donors (Lipinski definition) is 2. The van der Waals surface area contributed by atoms with E-state index in [1.54, 1.807) is 12.1 Å². The maximum absolute atomic E-state index is 12.1. The molecule has 0 spiro atoms. The molecule has 1 amide bonds. The van der Waals surface area contributed by atoms with Crippen LogP contribution >= 0.6 is 39.9 Å². The third kappa shape index (κ3) is 5.33. The first-order valence-corrected chi connectivity index (χ1v) is 7.92. The van der Waals surface area contributed by atoms with Crippen LogP contribution in [0.3, 0.4) is 0 Å². The van der Waals surface area contributed by atoms with Gasteiger partial charge in [-0.05, 0) is 54.4 Å². The van der Waals surface area contributed by atoms with Crippen LogP contribution in [0.1, 0.15) is 26.2 Å². The van der Waals surface area contributed by atoms with Crippen molar-refractivity contribution < 1.29 is 9.53 Å². The average molecular weight is 398 g/mol.